The molecular formula is C12H22N2O3. The van der Waals surface area contributed by atoms with Crippen LogP contribution in [0.4, 0.5) is 4.79 Å². The Morgan fingerprint density at radius 3 is 2.18 bits per heavy atom. The fraction of sp³-hybridized carbons (Fsp3) is 0.833. The maximum Gasteiger partial charge on any atom is 0.326 e. The number of carbonyl (C=O) groups is 2. The molecule has 1 atom stereocenters. The van der Waals surface area contributed by atoms with E-state index in [4.69, 9.17) is 5.11 Å². The van der Waals surface area contributed by atoms with E-state index in [1.807, 2.05) is 0 Å². The molecule has 1 N–H and O–H groups in total. The summed E-state index contributed by atoms with van der Waals surface area (Å²) in [5.74, 6) is -0.974. The Bertz CT molecular complexity index is 287. The van der Waals surface area contributed by atoms with Crippen molar-refractivity contribution in [2.75, 3.05) is 14.1 Å². The molecule has 0 aliphatic heterocycles. The molecule has 5 nitrogen and oxygen atoms in total. The van der Waals surface area contributed by atoms with Gasteiger partial charge in [-0.05, 0) is 19.8 Å². The zero-order valence-electron chi connectivity index (χ0n) is 10.8. The molecule has 17 heavy (non-hydrogen) atoms. The van der Waals surface area contributed by atoms with E-state index in [-0.39, 0.29) is 12.1 Å². The van der Waals surface area contributed by atoms with Crippen LogP contribution >= 0.6 is 0 Å². The molecule has 0 heterocycles. The molecule has 2 amide bonds. The summed E-state index contributed by atoms with van der Waals surface area (Å²) in [6, 6.07) is -0.722. The number of hydrogen-bond donors (Lipinski definition) is 1. The van der Waals surface area contributed by atoms with E-state index < -0.39 is 12.0 Å². The van der Waals surface area contributed by atoms with Crippen molar-refractivity contribution in [1.82, 2.24) is 9.80 Å². The quantitative estimate of drug-likeness (QED) is 0.820. The van der Waals surface area contributed by atoms with Gasteiger partial charge in [0, 0.05) is 20.1 Å². The van der Waals surface area contributed by atoms with Crippen molar-refractivity contribution in [1.29, 1.82) is 0 Å². The summed E-state index contributed by atoms with van der Waals surface area (Å²) in [6.45, 7) is 1.52. The monoisotopic (exact) mass is 242 g/mol. The van der Waals surface area contributed by atoms with Crippen LogP contribution in [0.25, 0.3) is 0 Å². The highest BCUT2D eigenvalue weighted by Crippen LogP contribution is 2.22. The van der Waals surface area contributed by atoms with Crippen LogP contribution in [-0.4, -0.2) is 53.1 Å². The van der Waals surface area contributed by atoms with Gasteiger partial charge in [-0.15, -0.1) is 0 Å². The van der Waals surface area contributed by atoms with Gasteiger partial charge >= 0.3 is 12.0 Å². The molecule has 1 rings (SSSR count). The van der Waals surface area contributed by atoms with E-state index in [1.54, 1.807) is 19.0 Å². The number of carboxylic acid groups (broad SMARTS) is 1. The van der Waals surface area contributed by atoms with Crippen LogP contribution < -0.4 is 0 Å². The zero-order valence-corrected chi connectivity index (χ0v) is 10.8. The van der Waals surface area contributed by atoms with Gasteiger partial charge in [-0.2, -0.15) is 0 Å². The molecule has 0 radical (unpaired) electrons. The summed E-state index contributed by atoms with van der Waals surface area (Å²) in [6.07, 6.45) is 5.59. The fourth-order valence-electron chi connectivity index (χ4n) is 2.20. The minimum Gasteiger partial charge on any atom is -0.480 e. The highest BCUT2D eigenvalue weighted by molar-refractivity contribution is 5.82. The van der Waals surface area contributed by atoms with Crippen LogP contribution in [0.2, 0.25) is 0 Å². The summed E-state index contributed by atoms with van der Waals surface area (Å²) in [5, 5.41) is 8.88. The molecule has 1 fully saturated rings. The van der Waals surface area contributed by atoms with Gasteiger partial charge in [-0.1, -0.05) is 19.3 Å². The zero-order chi connectivity index (χ0) is 13.0. The average molecular weight is 242 g/mol. The van der Waals surface area contributed by atoms with Crippen molar-refractivity contribution in [3.05, 3.63) is 0 Å². The molecule has 1 saturated carbocycles. The second-order valence-electron chi connectivity index (χ2n) is 4.81. The first-order chi connectivity index (χ1) is 7.95. The smallest absolute Gasteiger partial charge is 0.326 e. The van der Waals surface area contributed by atoms with E-state index in [0.29, 0.717) is 0 Å². The molecule has 1 aliphatic carbocycles. The van der Waals surface area contributed by atoms with Crippen molar-refractivity contribution in [3.63, 3.8) is 0 Å². The van der Waals surface area contributed by atoms with Crippen LogP contribution in [0.1, 0.15) is 39.0 Å². The SMILES string of the molecule is CC(C(=O)O)N(C)C(=O)N(C)C1CCCCC1. The number of urea groups is 1. The number of aliphatic carboxylic acids is 1. The number of nitrogens with zero attached hydrogens (tertiary/aromatic N) is 2. The molecule has 0 aromatic heterocycles. The Morgan fingerprint density at radius 1 is 1.18 bits per heavy atom. The Labute approximate surface area is 102 Å². The van der Waals surface area contributed by atoms with Crippen molar-refractivity contribution in [2.24, 2.45) is 0 Å². The number of carboxylic acids is 1. The van der Waals surface area contributed by atoms with Crippen molar-refractivity contribution in [3.8, 4) is 0 Å². The number of hydrogen-bond acceptors (Lipinski definition) is 2. The Hall–Kier alpha value is -1.26. The molecule has 0 aromatic rings. The lowest BCUT2D eigenvalue weighted by molar-refractivity contribution is -0.141. The van der Waals surface area contributed by atoms with E-state index in [0.717, 1.165) is 25.7 Å². The fourth-order valence-corrected chi connectivity index (χ4v) is 2.20. The van der Waals surface area contributed by atoms with Crippen molar-refractivity contribution >= 4 is 12.0 Å². The molecular weight excluding hydrogens is 220 g/mol. The van der Waals surface area contributed by atoms with E-state index in [2.05, 4.69) is 0 Å². The summed E-state index contributed by atoms with van der Waals surface area (Å²) < 4.78 is 0. The predicted octanol–water partition coefficient (Wildman–Crippen LogP) is 1.78. The average Bonchev–Trinajstić information content (AvgIpc) is 2.36. The minimum absolute atomic E-state index is 0.202. The van der Waals surface area contributed by atoms with Gasteiger partial charge < -0.3 is 14.9 Å². The second-order valence-corrected chi connectivity index (χ2v) is 4.81. The van der Waals surface area contributed by atoms with Crippen LogP contribution in [0.15, 0.2) is 0 Å². The van der Waals surface area contributed by atoms with Crippen LogP contribution in [-0.2, 0) is 4.79 Å². The van der Waals surface area contributed by atoms with E-state index in [1.165, 1.54) is 18.2 Å². The lowest BCUT2D eigenvalue weighted by Gasteiger charge is -2.35. The van der Waals surface area contributed by atoms with Gasteiger partial charge in [0.15, 0.2) is 0 Å². The van der Waals surface area contributed by atoms with Crippen LogP contribution in [0.3, 0.4) is 0 Å². The predicted molar refractivity (Wildman–Crippen MR) is 64.9 cm³/mol. The van der Waals surface area contributed by atoms with Crippen molar-refractivity contribution < 1.29 is 14.7 Å². The van der Waals surface area contributed by atoms with Gasteiger partial charge in [0.25, 0.3) is 0 Å². The van der Waals surface area contributed by atoms with Crippen molar-refractivity contribution in [2.45, 2.75) is 51.1 Å². The van der Waals surface area contributed by atoms with E-state index >= 15 is 0 Å². The van der Waals surface area contributed by atoms with Crippen LogP contribution in [0.5, 0.6) is 0 Å². The summed E-state index contributed by atoms with van der Waals surface area (Å²) in [4.78, 5) is 25.9. The maximum absolute atomic E-state index is 12.1. The standard InChI is InChI=1S/C12H22N2O3/c1-9(11(15)16)13(2)12(17)14(3)10-7-5-4-6-8-10/h9-10H,4-8H2,1-3H3,(H,15,16). The first-order valence-electron chi connectivity index (χ1n) is 6.17. The Morgan fingerprint density at radius 2 is 1.71 bits per heavy atom. The minimum atomic E-state index is -0.974. The molecule has 98 valence electrons. The highest BCUT2D eigenvalue weighted by Gasteiger charge is 2.28. The van der Waals surface area contributed by atoms with Gasteiger partial charge in [-0.25, -0.2) is 9.59 Å². The second kappa shape index (κ2) is 5.89. The van der Waals surface area contributed by atoms with Crippen LogP contribution in [0, 0.1) is 0 Å². The van der Waals surface area contributed by atoms with Gasteiger partial charge in [0.05, 0.1) is 0 Å². The lowest BCUT2D eigenvalue weighted by Crippen LogP contribution is -2.50. The third-order valence-electron chi connectivity index (χ3n) is 3.66. The Kier molecular flexibility index (Phi) is 4.78. The Balaban J connectivity index is 2.58. The third kappa shape index (κ3) is 3.35. The summed E-state index contributed by atoms with van der Waals surface area (Å²) in [5.41, 5.74) is 0. The normalized spacial score (nSPS) is 18.5. The summed E-state index contributed by atoms with van der Waals surface area (Å²) >= 11 is 0. The molecule has 1 unspecified atom stereocenters. The number of carbonyl (C=O) groups excluding carboxylic acids is 1. The first kappa shape index (κ1) is 13.8. The number of likely N-dealkylation sites (N-methyl/N-ethyl adjacent to an activating group) is 1. The number of amides is 2. The molecule has 1 aliphatic rings. The molecule has 5 heteroatoms. The van der Waals surface area contributed by atoms with E-state index in [9.17, 15) is 9.59 Å². The largest absolute Gasteiger partial charge is 0.480 e. The molecule has 0 spiro atoms. The lowest BCUT2D eigenvalue weighted by atomic mass is 9.95. The van der Waals surface area contributed by atoms with Gasteiger partial charge in [0.1, 0.15) is 6.04 Å². The van der Waals surface area contributed by atoms with Gasteiger partial charge in [-0.3, -0.25) is 0 Å². The molecule has 0 aromatic carbocycles. The first-order valence-corrected chi connectivity index (χ1v) is 6.17. The number of rotatable bonds is 3. The summed E-state index contributed by atoms with van der Waals surface area (Å²) in [7, 11) is 3.31. The molecule has 0 bridgehead atoms. The molecule has 0 saturated heterocycles. The third-order valence-corrected chi connectivity index (χ3v) is 3.66. The maximum atomic E-state index is 12.1. The topological polar surface area (TPSA) is 60.9 Å². The highest BCUT2D eigenvalue weighted by atomic mass is 16.4. The van der Waals surface area contributed by atoms with Gasteiger partial charge in [0.2, 0.25) is 0 Å².